The number of carbonyl (C=O) groups excluding carboxylic acids is 1. The highest BCUT2D eigenvalue weighted by atomic mass is 16.3. The second-order valence-corrected chi connectivity index (χ2v) is 8.02. The van der Waals surface area contributed by atoms with Crippen molar-refractivity contribution >= 4 is 5.91 Å². The summed E-state index contributed by atoms with van der Waals surface area (Å²) in [7, 11) is 2.10. The fourth-order valence-corrected chi connectivity index (χ4v) is 4.04. The van der Waals surface area contributed by atoms with E-state index in [2.05, 4.69) is 43.1 Å². The van der Waals surface area contributed by atoms with Gasteiger partial charge in [-0.05, 0) is 38.3 Å². The molecule has 1 atom stereocenters. The van der Waals surface area contributed by atoms with Crippen LogP contribution in [0, 0.1) is 0 Å². The number of nitrogens with zero attached hydrogens (tertiary/aromatic N) is 2. The lowest BCUT2D eigenvalue weighted by molar-refractivity contribution is -0.136. The van der Waals surface area contributed by atoms with Crippen LogP contribution in [0.2, 0.25) is 0 Å². The molecular formula is C20H30N2O2. The van der Waals surface area contributed by atoms with Crippen molar-refractivity contribution in [2.45, 2.75) is 50.0 Å². The van der Waals surface area contributed by atoms with Crippen molar-refractivity contribution in [2.75, 3.05) is 33.2 Å². The average Bonchev–Trinajstić information content (AvgIpc) is 2.60. The number of amides is 1. The van der Waals surface area contributed by atoms with E-state index in [1.54, 1.807) is 0 Å². The van der Waals surface area contributed by atoms with E-state index in [0.29, 0.717) is 19.4 Å². The van der Waals surface area contributed by atoms with E-state index in [1.165, 1.54) is 5.56 Å². The highest BCUT2D eigenvalue weighted by Gasteiger charge is 2.38. The summed E-state index contributed by atoms with van der Waals surface area (Å²) in [5, 5.41) is 10.8. The summed E-state index contributed by atoms with van der Waals surface area (Å²) in [4.78, 5) is 16.6. The lowest BCUT2D eigenvalue weighted by atomic mass is 9.75. The van der Waals surface area contributed by atoms with E-state index in [1.807, 2.05) is 11.0 Å². The molecule has 0 bridgehead atoms. The molecule has 0 aromatic heterocycles. The number of carbonyl (C=O) groups is 1. The van der Waals surface area contributed by atoms with Gasteiger partial charge in [-0.25, -0.2) is 0 Å². The standard InChI is InChI=1S/C20H30N2O2/c1-19(17-6-4-3-5-7-17)9-8-18(23)22(16-19)15-12-20(24)10-13-21(2)14-11-20/h3-7,24H,8-16H2,1-2H3. The summed E-state index contributed by atoms with van der Waals surface area (Å²) in [6.45, 7) is 5.55. The van der Waals surface area contributed by atoms with Crippen LogP contribution in [0.5, 0.6) is 0 Å². The molecule has 1 aromatic rings. The van der Waals surface area contributed by atoms with Gasteiger partial charge in [0.05, 0.1) is 5.60 Å². The number of rotatable bonds is 4. The zero-order chi connectivity index (χ0) is 17.2. The van der Waals surface area contributed by atoms with Crippen molar-refractivity contribution in [1.29, 1.82) is 0 Å². The molecule has 2 saturated heterocycles. The third-order valence-electron chi connectivity index (χ3n) is 6.02. The Hall–Kier alpha value is -1.39. The first kappa shape index (κ1) is 17.4. The highest BCUT2D eigenvalue weighted by Crippen LogP contribution is 2.35. The minimum absolute atomic E-state index is 0.0184. The molecule has 132 valence electrons. The van der Waals surface area contributed by atoms with Crippen LogP contribution in [0.25, 0.3) is 0 Å². The molecule has 1 amide bonds. The Bertz CT molecular complexity index is 566. The number of likely N-dealkylation sites (tertiary alicyclic amines) is 2. The first-order chi connectivity index (χ1) is 11.4. The van der Waals surface area contributed by atoms with Gasteiger partial charge in [0.15, 0.2) is 0 Å². The van der Waals surface area contributed by atoms with Crippen LogP contribution >= 0.6 is 0 Å². The van der Waals surface area contributed by atoms with Crippen LogP contribution < -0.4 is 0 Å². The summed E-state index contributed by atoms with van der Waals surface area (Å²) < 4.78 is 0. The number of piperidine rings is 2. The van der Waals surface area contributed by atoms with Gasteiger partial charge in [-0.2, -0.15) is 0 Å². The van der Waals surface area contributed by atoms with Crippen molar-refractivity contribution in [3.05, 3.63) is 35.9 Å². The second kappa shape index (κ2) is 6.85. The van der Waals surface area contributed by atoms with Gasteiger partial charge in [-0.3, -0.25) is 4.79 Å². The van der Waals surface area contributed by atoms with Crippen LogP contribution in [0.15, 0.2) is 30.3 Å². The fraction of sp³-hybridized carbons (Fsp3) is 0.650. The maximum absolute atomic E-state index is 12.4. The lowest BCUT2D eigenvalue weighted by Gasteiger charge is -2.43. The molecule has 2 aliphatic heterocycles. The van der Waals surface area contributed by atoms with Gasteiger partial charge in [0, 0.05) is 38.0 Å². The van der Waals surface area contributed by atoms with Gasteiger partial charge in [0.2, 0.25) is 5.91 Å². The Morgan fingerprint density at radius 3 is 2.46 bits per heavy atom. The predicted octanol–water partition coefficient (Wildman–Crippen LogP) is 2.41. The van der Waals surface area contributed by atoms with Gasteiger partial charge < -0.3 is 14.9 Å². The fourth-order valence-electron chi connectivity index (χ4n) is 4.04. The number of aliphatic hydroxyl groups is 1. The summed E-state index contributed by atoms with van der Waals surface area (Å²) in [5.41, 5.74) is 0.721. The first-order valence-corrected chi connectivity index (χ1v) is 9.15. The third kappa shape index (κ3) is 3.81. The van der Waals surface area contributed by atoms with E-state index in [4.69, 9.17) is 0 Å². The monoisotopic (exact) mass is 330 g/mol. The van der Waals surface area contributed by atoms with E-state index >= 15 is 0 Å². The smallest absolute Gasteiger partial charge is 0.222 e. The molecule has 2 heterocycles. The third-order valence-corrected chi connectivity index (χ3v) is 6.02. The van der Waals surface area contributed by atoms with Crippen molar-refractivity contribution < 1.29 is 9.90 Å². The van der Waals surface area contributed by atoms with Crippen molar-refractivity contribution in [3.8, 4) is 0 Å². The minimum Gasteiger partial charge on any atom is -0.390 e. The largest absolute Gasteiger partial charge is 0.390 e. The van der Waals surface area contributed by atoms with Crippen LogP contribution in [0.4, 0.5) is 0 Å². The SMILES string of the molecule is CN1CCC(O)(CCN2CC(C)(c3ccccc3)CCC2=O)CC1. The number of hydrogen-bond donors (Lipinski definition) is 1. The Kier molecular flexibility index (Phi) is 4.97. The lowest BCUT2D eigenvalue weighted by Crippen LogP contribution is -2.50. The van der Waals surface area contributed by atoms with Gasteiger partial charge in [-0.15, -0.1) is 0 Å². The topological polar surface area (TPSA) is 43.8 Å². The normalized spacial score (nSPS) is 28.1. The molecule has 1 unspecified atom stereocenters. The summed E-state index contributed by atoms with van der Waals surface area (Å²) in [5.74, 6) is 0.236. The van der Waals surface area contributed by atoms with Crippen molar-refractivity contribution in [2.24, 2.45) is 0 Å². The number of hydrogen-bond acceptors (Lipinski definition) is 3. The van der Waals surface area contributed by atoms with Gasteiger partial charge in [0.25, 0.3) is 0 Å². The molecular weight excluding hydrogens is 300 g/mol. The Balaban J connectivity index is 1.63. The zero-order valence-electron chi connectivity index (χ0n) is 15.0. The van der Waals surface area contributed by atoms with Crippen molar-refractivity contribution in [3.63, 3.8) is 0 Å². The molecule has 0 radical (unpaired) electrons. The average molecular weight is 330 g/mol. The molecule has 24 heavy (non-hydrogen) atoms. The summed E-state index contributed by atoms with van der Waals surface area (Å²) in [6, 6.07) is 10.5. The molecule has 2 aliphatic rings. The van der Waals surface area contributed by atoms with E-state index in [9.17, 15) is 9.90 Å². The molecule has 2 fully saturated rings. The highest BCUT2D eigenvalue weighted by molar-refractivity contribution is 5.77. The summed E-state index contributed by atoms with van der Waals surface area (Å²) in [6.07, 6.45) is 3.81. The molecule has 4 heteroatoms. The molecule has 0 saturated carbocycles. The van der Waals surface area contributed by atoms with Gasteiger partial charge in [0.1, 0.15) is 0 Å². The first-order valence-electron chi connectivity index (χ1n) is 9.15. The van der Waals surface area contributed by atoms with Crippen LogP contribution in [-0.2, 0) is 10.2 Å². The quantitative estimate of drug-likeness (QED) is 0.922. The van der Waals surface area contributed by atoms with Crippen molar-refractivity contribution in [1.82, 2.24) is 9.80 Å². The van der Waals surface area contributed by atoms with E-state index < -0.39 is 5.60 Å². The Morgan fingerprint density at radius 2 is 1.79 bits per heavy atom. The maximum Gasteiger partial charge on any atom is 0.222 e. The van der Waals surface area contributed by atoms with E-state index in [0.717, 1.165) is 38.9 Å². The maximum atomic E-state index is 12.4. The summed E-state index contributed by atoms with van der Waals surface area (Å²) >= 11 is 0. The zero-order valence-corrected chi connectivity index (χ0v) is 15.0. The molecule has 0 spiro atoms. The predicted molar refractivity (Wildman–Crippen MR) is 95.9 cm³/mol. The number of benzene rings is 1. The van der Waals surface area contributed by atoms with E-state index in [-0.39, 0.29) is 11.3 Å². The molecule has 1 aromatic carbocycles. The van der Waals surface area contributed by atoms with Crippen LogP contribution in [0.1, 0.15) is 44.6 Å². The van der Waals surface area contributed by atoms with Gasteiger partial charge in [-0.1, -0.05) is 37.3 Å². The van der Waals surface area contributed by atoms with Gasteiger partial charge >= 0.3 is 0 Å². The molecule has 3 rings (SSSR count). The van der Waals surface area contributed by atoms with Crippen LogP contribution in [-0.4, -0.2) is 59.6 Å². The molecule has 1 N–H and O–H groups in total. The Labute approximate surface area is 145 Å². The second-order valence-electron chi connectivity index (χ2n) is 8.02. The Morgan fingerprint density at radius 1 is 1.12 bits per heavy atom. The van der Waals surface area contributed by atoms with Crippen LogP contribution in [0.3, 0.4) is 0 Å². The minimum atomic E-state index is -0.604. The molecule has 4 nitrogen and oxygen atoms in total. The molecule has 0 aliphatic carbocycles.